The van der Waals surface area contributed by atoms with E-state index in [9.17, 15) is 4.79 Å². The summed E-state index contributed by atoms with van der Waals surface area (Å²) >= 11 is 0. The summed E-state index contributed by atoms with van der Waals surface area (Å²) in [4.78, 5) is 18.5. The molecule has 2 heterocycles. The Morgan fingerprint density at radius 1 is 1.00 bits per heavy atom. The molecule has 2 bridgehead atoms. The highest BCUT2D eigenvalue weighted by molar-refractivity contribution is 5.79. The maximum absolute atomic E-state index is 13.6. The first-order chi connectivity index (χ1) is 13.6. The molecule has 0 unspecified atom stereocenters. The van der Waals surface area contributed by atoms with E-state index in [0.717, 1.165) is 32.5 Å². The predicted octanol–water partition coefficient (Wildman–Crippen LogP) is 4.65. The van der Waals surface area contributed by atoms with E-state index in [0.29, 0.717) is 24.0 Å². The highest BCUT2D eigenvalue weighted by atomic mass is 16.2. The number of nitrogens with zero attached hydrogens (tertiary/aromatic N) is 2. The van der Waals surface area contributed by atoms with Crippen molar-refractivity contribution in [2.24, 2.45) is 5.92 Å². The van der Waals surface area contributed by atoms with Crippen LogP contribution in [0.4, 0.5) is 5.69 Å². The normalized spacial score (nSPS) is 27.2. The SMILES string of the molecule is CC(C)N1[C@H]2CCNc3ccccc3CN(C(=O)C3CCCCC3)C[C@@H]1CC2. The summed E-state index contributed by atoms with van der Waals surface area (Å²) in [6.07, 6.45) is 9.54. The van der Waals surface area contributed by atoms with Crippen LogP contribution in [0.1, 0.15) is 70.8 Å². The van der Waals surface area contributed by atoms with E-state index in [4.69, 9.17) is 0 Å². The van der Waals surface area contributed by atoms with Crippen LogP contribution in [0.2, 0.25) is 0 Å². The summed E-state index contributed by atoms with van der Waals surface area (Å²) in [5.41, 5.74) is 2.47. The summed E-state index contributed by atoms with van der Waals surface area (Å²) in [6.45, 7) is 7.28. The van der Waals surface area contributed by atoms with Crippen LogP contribution in [-0.2, 0) is 11.3 Å². The van der Waals surface area contributed by atoms with Crippen molar-refractivity contribution in [1.82, 2.24) is 9.80 Å². The fourth-order valence-electron chi connectivity index (χ4n) is 5.81. The van der Waals surface area contributed by atoms with Gasteiger partial charge in [0.15, 0.2) is 0 Å². The molecule has 1 saturated heterocycles. The second kappa shape index (κ2) is 8.86. The molecule has 1 aromatic carbocycles. The Morgan fingerprint density at radius 3 is 2.54 bits per heavy atom. The van der Waals surface area contributed by atoms with Crippen LogP contribution in [0.5, 0.6) is 0 Å². The quantitative estimate of drug-likeness (QED) is 0.807. The first-order valence-electron chi connectivity index (χ1n) is 11.5. The molecule has 0 spiro atoms. The molecular formula is C24H37N3O. The maximum Gasteiger partial charge on any atom is 0.226 e. The first kappa shape index (κ1) is 19.8. The van der Waals surface area contributed by atoms with Crippen molar-refractivity contribution < 1.29 is 4.79 Å². The molecule has 1 saturated carbocycles. The molecule has 1 N–H and O–H groups in total. The maximum atomic E-state index is 13.6. The fraction of sp³-hybridized carbons (Fsp3) is 0.708. The minimum Gasteiger partial charge on any atom is -0.385 e. The standard InChI is InChI=1S/C24H37N3O/c1-18(2)27-21-12-13-22(27)17-26(24(28)19-8-4-3-5-9-19)16-20-10-6-7-11-23(20)25-15-14-21/h6-7,10-11,18-19,21-22,25H,3-5,8-9,12-17H2,1-2H3/t21-,22+/m1/s1. The lowest BCUT2D eigenvalue weighted by atomic mass is 9.88. The lowest BCUT2D eigenvalue weighted by Crippen LogP contribution is -2.49. The van der Waals surface area contributed by atoms with Gasteiger partial charge in [-0.3, -0.25) is 9.69 Å². The number of nitrogens with one attached hydrogen (secondary N) is 1. The first-order valence-corrected chi connectivity index (χ1v) is 11.5. The lowest BCUT2D eigenvalue weighted by molar-refractivity contribution is -0.138. The summed E-state index contributed by atoms with van der Waals surface area (Å²) in [5, 5.41) is 3.68. The minimum absolute atomic E-state index is 0.240. The Labute approximate surface area is 170 Å². The molecule has 0 radical (unpaired) electrons. The zero-order valence-electron chi connectivity index (χ0n) is 17.7. The highest BCUT2D eigenvalue weighted by Gasteiger charge is 2.38. The third-order valence-electron chi connectivity index (χ3n) is 7.14. The molecule has 154 valence electrons. The predicted molar refractivity (Wildman–Crippen MR) is 115 cm³/mol. The fourth-order valence-corrected chi connectivity index (χ4v) is 5.81. The van der Waals surface area contributed by atoms with Gasteiger partial charge in [0.1, 0.15) is 0 Å². The summed E-state index contributed by atoms with van der Waals surface area (Å²) < 4.78 is 0. The summed E-state index contributed by atoms with van der Waals surface area (Å²) in [5.74, 6) is 0.643. The van der Waals surface area contributed by atoms with E-state index in [-0.39, 0.29) is 5.92 Å². The smallest absolute Gasteiger partial charge is 0.226 e. The number of amides is 1. The molecule has 3 aliphatic rings. The lowest BCUT2D eigenvalue weighted by Gasteiger charge is -2.37. The van der Waals surface area contributed by atoms with Crippen molar-refractivity contribution in [3.8, 4) is 0 Å². The van der Waals surface area contributed by atoms with Crippen LogP contribution < -0.4 is 5.32 Å². The Kier molecular flexibility index (Phi) is 6.25. The Morgan fingerprint density at radius 2 is 1.75 bits per heavy atom. The van der Waals surface area contributed by atoms with Gasteiger partial charge in [0.05, 0.1) is 0 Å². The second-order valence-electron chi connectivity index (χ2n) is 9.35. The zero-order valence-corrected chi connectivity index (χ0v) is 17.7. The number of rotatable bonds is 2. The van der Waals surface area contributed by atoms with Crippen LogP contribution in [0, 0.1) is 5.92 Å². The Hall–Kier alpha value is -1.55. The number of benzene rings is 1. The van der Waals surface area contributed by atoms with Gasteiger partial charge in [-0.25, -0.2) is 0 Å². The van der Waals surface area contributed by atoms with Gasteiger partial charge in [0.25, 0.3) is 0 Å². The van der Waals surface area contributed by atoms with Gasteiger partial charge in [-0.1, -0.05) is 37.5 Å². The molecule has 4 rings (SSSR count). The molecule has 0 aromatic heterocycles. The molecule has 4 nitrogen and oxygen atoms in total. The molecule has 2 fully saturated rings. The monoisotopic (exact) mass is 383 g/mol. The number of anilines is 1. The van der Waals surface area contributed by atoms with Crippen molar-refractivity contribution in [3.05, 3.63) is 29.8 Å². The number of carbonyl (C=O) groups excluding carboxylic acids is 1. The van der Waals surface area contributed by atoms with Crippen molar-refractivity contribution in [2.75, 3.05) is 18.4 Å². The van der Waals surface area contributed by atoms with Gasteiger partial charge in [-0.2, -0.15) is 0 Å². The van der Waals surface area contributed by atoms with Crippen molar-refractivity contribution in [3.63, 3.8) is 0 Å². The molecule has 1 aliphatic carbocycles. The van der Waals surface area contributed by atoms with Crippen LogP contribution in [0.15, 0.2) is 24.3 Å². The van der Waals surface area contributed by atoms with Crippen LogP contribution in [0.3, 0.4) is 0 Å². The van der Waals surface area contributed by atoms with Gasteiger partial charge in [0, 0.05) is 49.4 Å². The molecule has 1 aromatic rings. The number of hydrogen-bond donors (Lipinski definition) is 1. The Bertz CT molecular complexity index is 668. The average Bonchev–Trinajstić information content (AvgIpc) is 3.09. The van der Waals surface area contributed by atoms with Gasteiger partial charge in [-0.05, 0) is 57.6 Å². The summed E-state index contributed by atoms with van der Waals surface area (Å²) in [7, 11) is 0. The number of para-hydroxylation sites is 1. The minimum atomic E-state index is 0.240. The second-order valence-corrected chi connectivity index (χ2v) is 9.35. The van der Waals surface area contributed by atoms with Gasteiger partial charge in [0.2, 0.25) is 5.91 Å². The summed E-state index contributed by atoms with van der Waals surface area (Å²) in [6, 6.07) is 10.3. The molecular weight excluding hydrogens is 346 g/mol. The number of fused-ring (bicyclic) bond motifs is 3. The van der Waals surface area contributed by atoms with Crippen molar-refractivity contribution in [2.45, 2.75) is 89.9 Å². The van der Waals surface area contributed by atoms with Crippen LogP contribution in [0.25, 0.3) is 0 Å². The largest absolute Gasteiger partial charge is 0.385 e. The van der Waals surface area contributed by atoms with E-state index >= 15 is 0 Å². The van der Waals surface area contributed by atoms with Crippen LogP contribution in [-0.4, -0.2) is 46.9 Å². The van der Waals surface area contributed by atoms with E-state index < -0.39 is 0 Å². The zero-order chi connectivity index (χ0) is 19.5. The van der Waals surface area contributed by atoms with Gasteiger partial charge < -0.3 is 10.2 Å². The Balaban J connectivity index is 1.62. The van der Waals surface area contributed by atoms with Gasteiger partial charge >= 0.3 is 0 Å². The third-order valence-corrected chi connectivity index (χ3v) is 7.14. The number of hydrogen-bond acceptors (Lipinski definition) is 3. The average molecular weight is 384 g/mol. The molecule has 28 heavy (non-hydrogen) atoms. The van der Waals surface area contributed by atoms with E-state index in [1.807, 2.05) is 0 Å². The van der Waals surface area contributed by atoms with Crippen molar-refractivity contribution in [1.29, 1.82) is 0 Å². The molecule has 2 atom stereocenters. The van der Waals surface area contributed by atoms with Gasteiger partial charge in [-0.15, -0.1) is 0 Å². The van der Waals surface area contributed by atoms with E-state index in [2.05, 4.69) is 53.2 Å². The van der Waals surface area contributed by atoms with Crippen molar-refractivity contribution >= 4 is 11.6 Å². The number of carbonyl (C=O) groups is 1. The van der Waals surface area contributed by atoms with E-state index in [1.165, 1.54) is 49.8 Å². The van der Waals surface area contributed by atoms with Crippen LogP contribution >= 0.6 is 0 Å². The highest BCUT2D eigenvalue weighted by Crippen LogP contribution is 2.33. The van der Waals surface area contributed by atoms with E-state index in [1.54, 1.807) is 0 Å². The molecule has 4 heteroatoms. The topological polar surface area (TPSA) is 35.6 Å². The third kappa shape index (κ3) is 4.22. The molecule has 2 aliphatic heterocycles. The molecule has 1 amide bonds.